The molecule has 4 nitrogen and oxygen atoms in total. The summed E-state index contributed by atoms with van der Waals surface area (Å²) in [6.07, 6.45) is 2.64. The van der Waals surface area contributed by atoms with Crippen molar-refractivity contribution in [1.82, 2.24) is 4.31 Å². The molecule has 1 fully saturated rings. The van der Waals surface area contributed by atoms with E-state index in [9.17, 15) is 12.8 Å². The number of hydrogen-bond donors (Lipinski definition) is 1. The lowest BCUT2D eigenvalue weighted by Crippen LogP contribution is -2.38. The first-order valence-electron chi connectivity index (χ1n) is 6.99. The van der Waals surface area contributed by atoms with E-state index in [1.807, 2.05) is 0 Å². The highest BCUT2D eigenvalue weighted by Gasteiger charge is 2.31. The van der Waals surface area contributed by atoms with Crippen LogP contribution in [0.15, 0.2) is 21.5 Å². The van der Waals surface area contributed by atoms with Crippen LogP contribution in [0.25, 0.3) is 0 Å². The Morgan fingerprint density at radius 2 is 2.00 bits per heavy atom. The molecule has 0 unspecified atom stereocenters. The largest absolute Gasteiger partial charge is 0.392 e. The van der Waals surface area contributed by atoms with Crippen molar-refractivity contribution in [2.75, 3.05) is 13.1 Å². The van der Waals surface area contributed by atoms with Gasteiger partial charge in [-0.2, -0.15) is 4.31 Å². The molecule has 1 aromatic carbocycles. The zero-order valence-electron chi connectivity index (χ0n) is 11.8. The Morgan fingerprint density at radius 1 is 1.38 bits per heavy atom. The first kappa shape index (κ1) is 16.9. The summed E-state index contributed by atoms with van der Waals surface area (Å²) in [5.41, 5.74) is -0.0219. The zero-order valence-corrected chi connectivity index (χ0v) is 14.3. The number of piperidine rings is 1. The van der Waals surface area contributed by atoms with Crippen molar-refractivity contribution < 1.29 is 17.9 Å². The number of sulfonamides is 1. The van der Waals surface area contributed by atoms with Crippen molar-refractivity contribution in [1.29, 1.82) is 0 Å². The summed E-state index contributed by atoms with van der Waals surface area (Å²) in [6, 6.07) is 2.65. The molecule has 21 heavy (non-hydrogen) atoms. The van der Waals surface area contributed by atoms with Crippen LogP contribution in [0.4, 0.5) is 4.39 Å². The van der Waals surface area contributed by atoms with Crippen LogP contribution in [-0.4, -0.2) is 30.9 Å². The van der Waals surface area contributed by atoms with Crippen LogP contribution in [-0.2, 0) is 16.6 Å². The highest BCUT2D eigenvalue weighted by Crippen LogP contribution is 2.30. The molecule has 0 atom stereocenters. The summed E-state index contributed by atoms with van der Waals surface area (Å²) in [7, 11) is -3.86. The molecule has 0 amide bonds. The lowest BCUT2D eigenvalue weighted by molar-refractivity contribution is 0.266. The Balaban J connectivity index is 2.34. The summed E-state index contributed by atoms with van der Waals surface area (Å²) in [5.74, 6) is -0.324. The van der Waals surface area contributed by atoms with Gasteiger partial charge in [0.05, 0.1) is 6.61 Å². The third-order valence-electron chi connectivity index (χ3n) is 4.02. The molecule has 2 rings (SSSR count). The van der Waals surface area contributed by atoms with Gasteiger partial charge in [-0.15, -0.1) is 0 Å². The molecule has 0 bridgehead atoms. The molecule has 1 aliphatic heterocycles. The minimum absolute atomic E-state index is 0.0219. The van der Waals surface area contributed by atoms with Gasteiger partial charge in [0, 0.05) is 23.1 Å². The second kappa shape index (κ2) is 6.73. The number of halogens is 2. The average Bonchev–Trinajstić information content (AvgIpc) is 2.49. The lowest BCUT2D eigenvalue weighted by atomic mass is 9.96. The van der Waals surface area contributed by atoms with Gasteiger partial charge in [-0.1, -0.05) is 29.3 Å². The van der Waals surface area contributed by atoms with Crippen molar-refractivity contribution in [3.05, 3.63) is 28.0 Å². The van der Waals surface area contributed by atoms with E-state index >= 15 is 0 Å². The maximum absolute atomic E-state index is 14.3. The molecule has 0 spiro atoms. The van der Waals surface area contributed by atoms with E-state index in [1.165, 1.54) is 16.4 Å². The minimum atomic E-state index is -3.86. The maximum atomic E-state index is 14.3. The fourth-order valence-corrected chi connectivity index (χ4v) is 4.88. The molecule has 7 heteroatoms. The van der Waals surface area contributed by atoms with Crippen LogP contribution >= 0.6 is 15.9 Å². The van der Waals surface area contributed by atoms with E-state index in [-0.39, 0.29) is 10.5 Å². The molecule has 0 aliphatic carbocycles. The Hall–Kier alpha value is -0.500. The Bertz CT molecular complexity index is 613. The topological polar surface area (TPSA) is 57.6 Å². The van der Waals surface area contributed by atoms with Gasteiger partial charge in [0.15, 0.2) is 0 Å². The summed E-state index contributed by atoms with van der Waals surface area (Å²) in [4.78, 5) is -0.365. The van der Waals surface area contributed by atoms with E-state index < -0.39 is 22.4 Å². The number of rotatable bonds is 4. The van der Waals surface area contributed by atoms with E-state index in [0.29, 0.717) is 23.5 Å². The SMILES string of the molecule is CCC1CCN(S(=O)(=O)c2cc(Br)cc(CO)c2F)CC1. The van der Waals surface area contributed by atoms with Gasteiger partial charge in [0.2, 0.25) is 10.0 Å². The molecule has 1 heterocycles. The van der Waals surface area contributed by atoms with Gasteiger partial charge in [-0.05, 0) is 30.9 Å². The number of aliphatic hydroxyl groups excluding tert-OH is 1. The van der Waals surface area contributed by atoms with Crippen molar-refractivity contribution in [2.24, 2.45) is 5.92 Å². The molecule has 0 radical (unpaired) electrons. The Labute approximate surface area is 133 Å². The molecular weight excluding hydrogens is 361 g/mol. The third-order valence-corrected chi connectivity index (χ3v) is 6.37. The first-order valence-corrected chi connectivity index (χ1v) is 9.22. The molecule has 1 N–H and O–H groups in total. The second-order valence-electron chi connectivity index (χ2n) is 5.29. The van der Waals surface area contributed by atoms with Gasteiger partial charge >= 0.3 is 0 Å². The minimum Gasteiger partial charge on any atom is -0.392 e. The predicted molar refractivity (Wildman–Crippen MR) is 81.8 cm³/mol. The fraction of sp³-hybridized carbons (Fsp3) is 0.571. The maximum Gasteiger partial charge on any atom is 0.246 e. The number of hydrogen-bond acceptors (Lipinski definition) is 3. The molecule has 1 aliphatic rings. The summed E-state index contributed by atoms with van der Waals surface area (Å²) < 4.78 is 41.3. The van der Waals surface area contributed by atoms with Gasteiger partial charge in [0.1, 0.15) is 10.7 Å². The van der Waals surface area contributed by atoms with Crippen molar-refractivity contribution >= 4 is 26.0 Å². The van der Waals surface area contributed by atoms with Crippen LogP contribution in [0.2, 0.25) is 0 Å². The Morgan fingerprint density at radius 3 is 2.52 bits per heavy atom. The molecule has 0 saturated carbocycles. The molecule has 1 saturated heterocycles. The standard InChI is InChI=1S/C14H19BrFNO3S/c1-2-10-3-5-17(6-4-10)21(19,20)13-8-12(15)7-11(9-18)14(13)16/h7-8,10,18H,2-6,9H2,1H3. The van der Waals surface area contributed by atoms with Gasteiger partial charge in [-0.25, -0.2) is 12.8 Å². The van der Waals surface area contributed by atoms with E-state index in [2.05, 4.69) is 22.9 Å². The predicted octanol–water partition coefficient (Wildman–Crippen LogP) is 2.89. The smallest absolute Gasteiger partial charge is 0.246 e. The summed E-state index contributed by atoms with van der Waals surface area (Å²) in [6.45, 7) is 2.39. The normalized spacial score (nSPS) is 18.1. The second-order valence-corrected chi connectivity index (χ2v) is 8.11. The summed E-state index contributed by atoms with van der Waals surface area (Å²) in [5, 5.41) is 9.14. The number of benzene rings is 1. The van der Waals surface area contributed by atoms with Crippen LogP contribution in [0.3, 0.4) is 0 Å². The first-order chi connectivity index (χ1) is 9.90. The van der Waals surface area contributed by atoms with E-state index in [0.717, 1.165) is 19.3 Å². The summed E-state index contributed by atoms with van der Waals surface area (Å²) >= 11 is 3.16. The van der Waals surface area contributed by atoms with Crippen LogP contribution < -0.4 is 0 Å². The van der Waals surface area contributed by atoms with Crippen molar-refractivity contribution in [2.45, 2.75) is 37.7 Å². The number of nitrogens with zero attached hydrogens (tertiary/aromatic N) is 1. The zero-order chi connectivity index (χ0) is 15.6. The van der Waals surface area contributed by atoms with Crippen molar-refractivity contribution in [3.63, 3.8) is 0 Å². The third kappa shape index (κ3) is 3.47. The Kier molecular flexibility index (Phi) is 5.40. The fourth-order valence-electron chi connectivity index (χ4n) is 2.62. The van der Waals surface area contributed by atoms with Crippen LogP contribution in [0.5, 0.6) is 0 Å². The van der Waals surface area contributed by atoms with Crippen LogP contribution in [0.1, 0.15) is 31.7 Å². The van der Waals surface area contributed by atoms with Crippen LogP contribution in [0, 0.1) is 11.7 Å². The van der Waals surface area contributed by atoms with Gasteiger partial charge in [-0.3, -0.25) is 0 Å². The molecular formula is C14H19BrFNO3S. The molecule has 1 aromatic rings. The highest BCUT2D eigenvalue weighted by atomic mass is 79.9. The van der Waals surface area contributed by atoms with Gasteiger partial charge < -0.3 is 5.11 Å². The average molecular weight is 380 g/mol. The quantitative estimate of drug-likeness (QED) is 0.874. The van der Waals surface area contributed by atoms with E-state index in [1.54, 1.807) is 0 Å². The van der Waals surface area contributed by atoms with E-state index in [4.69, 9.17) is 5.11 Å². The van der Waals surface area contributed by atoms with Gasteiger partial charge in [0.25, 0.3) is 0 Å². The lowest BCUT2D eigenvalue weighted by Gasteiger charge is -2.30. The number of aliphatic hydroxyl groups is 1. The monoisotopic (exact) mass is 379 g/mol. The molecule has 0 aromatic heterocycles. The van der Waals surface area contributed by atoms with Crippen molar-refractivity contribution in [3.8, 4) is 0 Å². The molecule has 118 valence electrons. The highest BCUT2D eigenvalue weighted by molar-refractivity contribution is 9.10.